The highest BCUT2D eigenvalue weighted by molar-refractivity contribution is 5.78. The van der Waals surface area contributed by atoms with Crippen LogP contribution in [0.3, 0.4) is 0 Å². The number of carboxylic acid groups (broad SMARTS) is 1. The summed E-state index contributed by atoms with van der Waals surface area (Å²) in [6.45, 7) is 6.27. The first-order chi connectivity index (χ1) is 8.87. The highest BCUT2D eigenvalue weighted by Gasteiger charge is 2.30. The molecule has 0 saturated carbocycles. The molecule has 106 valence electrons. The quantitative estimate of drug-likeness (QED) is 0.744. The zero-order chi connectivity index (χ0) is 14.5. The van der Waals surface area contributed by atoms with Gasteiger partial charge in [-0.05, 0) is 63.9 Å². The van der Waals surface area contributed by atoms with Gasteiger partial charge in [0.1, 0.15) is 11.3 Å². The highest BCUT2D eigenvalue weighted by Crippen LogP contribution is 2.17. The number of carboxylic acids is 1. The van der Waals surface area contributed by atoms with E-state index in [1.807, 2.05) is 26.0 Å². The number of ether oxygens (including phenoxy) is 1. The molecule has 0 aliphatic heterocycles. The second kappa shape index (κ2) is 6.57. The van der Waals surface area contributed by atoms with Crippen molar-refractivity contribution in [1.29, 1.82) is 0 Å². The van der Waals surface area contributed by atoms with E-state index in [-0.39, 0.29) is 0 Å². The molecule has 0 spiro atoms. The SMILES string of the molecule is CNC(C)(CCCOc1cc(C)cc(C)c1)C(=O)O. The maximum atomic E-state index is 11.1. The van der Waals surface area contributed by atoms with Gasteiger partial charge in [-0.1, -0.05) is 6.07 Å². The molecule has 2 N–H and O–H groups in total. The fourth-order valence-electron chi connectivity index (χ4n) is 1.97. The van der Waals surface area contributed by atoms with Gasteiger partial charge >= 0.3 is 5.97 Å². The van der Waals surface area contributed by atoms with Gasteiger partial charge in [-0.25, -0.2) is 0 Å². The predicted molar refractivity (Wildman–Crippen MR) is 75.7 cm³/mol. The fraction of sp³-hybridized carbons (Fsp3) is 0.533. The van der Waals surface area contributed by atoms with Crippen LogP contribution in [-0.2, 0) is 4.79 Å². The normalized spacial score (nSPS) is 13.9. The summed E-state index contributed by atoms with van der Waals surface area (Å²) >= 11 is 0. The molecule has 0 heterocycles. The first kappa shape index (κ1) is 15.5. The van der Waals surface area contributed by atoms with Crippen LogP contribution in [0.15, 0.2) is 18.2 Å². The van der Waals surface area contributed by atoms with E-state index in [2.05, 4.69) is 11.4 Å². The van der Waals surface area contributed by atoms with E-state index in [1.165, 1.54) is 11.1 Å². The minimum atomic E-state index is -0.883. The summed E-state index contributed by atoms with van der Waals surface area (Å²) in [5, 5.41) is 12.0. The molecule has 1 aromatic rings. The van der Waals surface area contributed by atoms with Crippen LogP contribution in [-0.4, -0.2) is 30.3 Å². The number of hydrogen-bond donors (Lipinski definition) is 2. The van der Waals surface area contributed by atoms with Gasteiger partial charge in [0.15, 0.2) is 0 Å². The summed E-state index contributed by atoms with van der Waals surface area (Å²) in [5.41, 5.74) is 1.45. The third-order valence-corrected chi connectivity index (χ3v) is 3.31. The molecule has 0 aliphatic rings. The Morgan fingerprint density at radius 1 is 1.32 bits per heavy atom. The van der Waals surface area contributed by atoms with E-state index in [0.29, 0.717) is 19.4 Å². The highest BCUT2D eigenvalue weighted by atomic mass is 16.5. The summed E-state index contributed by atoms with van der Waals surface area (Å²) in [5.74, 6) is 0.0142. The molecule has 19 heavy (non-hydrogen) atoms. The molecule has 1 unspecified atom stereocenters. The molecule has 0 bridgehead atoms. The lowest BCUT2D eigenvalue weighted by Gasteiger charge is -2.23. The van der Waals surface area contributed by atoms with Crippen LogP contribution in [0.5, 0.6) is 5.75 Å². The van der Waals surface area contributed by atoms with Gasteiger partial charge in [-0.15, -0.1) is 0 Å². The lowest BCUT2D eigenvalue weighted by molar-refractivity contribution is -0.144. The first-order valence-corrected chi connectivity index (χ1v) is 6.51. The molecular weight excluding hydrogens is 242 g/mol. The van der Waals surface area contributed by atoms with Crippen molar-refractivity contribution in [2.45, 2.75) is 39.2 Å². The van der Waals surface area contributed by atoms with Gasteiger partial charge < -0.3 is 15.2 Å². The number of aliphatic carboxylic acids is 1. The summed E-state index contributed by atoms with van der Waals surface area (Å²) in [4.78, 5) is 11.1. The second-order valence-corrected chi connectivity index (χ2v) is 5.16. The number of benzene rings is 1. The van der Waals surface area contributed by atoms with Crippen molar-refractivity contribution >= 4 is 5.97 Å². The Kier molecular flexibility index (Phi) is 5.36. The van der Waals surface area contributed by atoms with Crippen LogP contribution in [0.25, 0.3) is 0 Å². The molecule has 0 saturated heterocycles. The number of aryl methyl sites for hydroxylation is 2. The lowest BCUT2D eigenvalue weighted by Crippen LogP contribution is -2.47. The van der Waals surface area contributed by atoms with Gasteiger partial charge in [0.2, 0.25) is 0 Å². The predicted octanol–water partition coefficient (Wildman–Crippen LogP) is 2.53. The number of hydrogen-bond acceptors (Lipinski definition) is 3. The third kappa shape index (κ3) is 4.56. The molecule has 0 amide bonds. The minimum Gasteiger partial charge on any atom is -0.494 e. The molecule has 0 fully saturated rings. The van der Waals surface area contributed by atoms with Crippen molar-refractivity contribution in [3.05, 3.63) is 29.3 Å². The zero-order valence-corrected chi connectivity index (χ0v) is 12.1. The van der Waals surface area contributed by atoms with Crippen molar-refractivity contribution in [2.75, 3.05) is 13.7 Å². The van der Waals surface area contributed by atoms with Crippen LogP contribution in [0.1, 0.15) is 30.9 Å². The Bertz CT molecular complexity index is 425. The molecule has 0 aromatic heterocycles. The maximum absolute atomic E-state index is 11.1. The first-order valence-electron chi connectivity index (χ1n) is 6.51. The third-order valence-electron chi connectivity index (χ3n) is 3.31. The van der Waals surface area contributed by atoms with Crippen molar-refractivity contribution < 1.29 is 14.6 Å². The average Bonchev–Trinajstić information content (AvgIpc) is 2.33. The Balaban J connectivity index is 2.44. The van der Waals surface area contributed by atoms with Gasteiger partial charge in [0.05, 0.1) is 6.61 Å². The van der Waals surface area contributed by atoms with E-state index >= 15 is 0 Å². The van der Waals surface area contributed by atoms with Crippen LogP contribution in [0, 0.1) is 13.8 Å². The average molecular weight is 265 g/mol. The molecule has 1 aromatic carbocycles. The second-order valence-electron chi connectivity index (χ2n) is 5.16. The molecule has 1 atom stereocenters. The summed E-state index contributed by atoms with van der Waals surface area (Å²) < 4.78 is 5.67. The Hall–Kier alpha value is -1.55. The van der Waals surface area contributed by atoms with Crippen molar-refractivity contribution in [3.63, 3.8) is 0 Å². The van der Waals surface area contributed by atoms with Crippen LogP contribution < -0.4 is 10.1 Å². The number of carbonyl (C=O) groups is 1. The lowest BCUT2D eigenvalue weighted by atomic mass is 9.96. The van der Waals surface area contributed by atoms with Gasteiger partial charge in [-0.2, -0.15) is 0 Å². The number of likely N-dealkylation sites (N-methyl/N-ethyl adjacent to an activating group) is 1. The fourth-order valence-corrected chi connectivity index (χ4v) is 1.97. The summed E-state index contributed by atoms with van der Waals surface area (Å²) in [7, 11) is 1.67. The summed E-state index contributed by atoms with van der Waals surface area (Å²) in [6, 6.07) is 6.07. The molecule has 0 aliphatic carbocycles. The molecule has 0 radical (unpaired) electrons. The molecule has 1 rings (SSSR count). The monoisotopic (exact) mass is 265 g/mol. The van der Waals surface area contributed by atoms with Gasteiger partial charge in [0.25, 0.3) is 0 Å². The Labute approximate surface area is 114 Å². The standard InChI is InChI=1S/C15H23NO3/c1-11-8-12(2)10-13(9-11)19-7-5-6-15(3,16-4)14(17)18/h8-10,16H,5-7H2,1-4H3,(H,17,18). The van der Waals surface area contributed by atoms with Crippen LogP contribution >= 0.6 is 0 Å². The van der Waals surface area contributed by atoms with E-state index in [4.69, 9.17) is 9.84 Å². The van der Waals surface area contributed by atoms with E-state index in [0.717, 1.165) is 5.75 Å². The molecule has 4 nitrogen and oxygen atoms in total. The van der Waals surface area contributed by atoms with Crippen molar-refractivity contribution in [2.24, 2.45) is 0 Å². The Morgan fingerprint density at radius 2 is 1.89 bits per heavy atom. The maximum Gasteiger partial charge on any atom is 0.323 e. The molecule has 4 heteroatoms. The zero-order valence-electron chi connectivity index (χ0n) is 12.1. The summed E-state index contributed by atoms with van der Waals surface area (Å²) in [6.07, 6.45) is 1.22. The van der Waals surface area contributed by atoms with Crippen LogP contribution in [0.4, 0.5) is 0 Å². The van der Waals surface area contributed by atoms with Crippen molar-refractivity contribution in [1.82, 2.24) is 5.32 Å². The van der Waals surface area contributed by atoms with E-state index in [1.54, 1.807) is 14.0 Å². The number of rotatable bonds is 7. The topological polar surface area (TPSA) is 58.6 Å². The smallest absolute Gasteiger partial charge is 0.323 e. The van der Waals surface area contributed by atoms with Crippen LogP contribution in [0.2, 0.25) is 0 Å². The molecular formula is C15H23NO3. The largest absolute Gasteiger partial charge is 0.494 e. The minimum absolute atomic E-state index is 0.521. The number of nitrogens with one attached hydrogen (secondary N) is 1. The van der Waals surface area contributed by atoms with Gasteiger partial charge in [0, 0.05) is 0 Å². The Morgan fingerprint density at radius 3 is 2.37 bits per heavy atom. The van der Waals surface area contributed by atoms with Crippen molar-refractivity contribution in [3.8, 4) is 5.75 Å². The van der Waals surface area contributed by atoms with E-state index in [9.17, 15) is 4.79 Å². The van der Waals surface area contributed by atoms with E-state index < -0.39 is 11.5 Å². The van der Waals surface area contributed by atoms with Gasteiger partial charge in [-0.3, -0.25) is 4.79 Å².